The minimum absolute atomic E-state index is 0.753. The maximum atomic E-state index is 7.40. The van der Waals surface area contributed by atoms with E-state index in [2.05, 4.69) is 256 Å². The molecule has 14 aromatic rings. The molecule has 3 heterocycles. The molecule has 348 valence electrons. The van der Waals surface area contributed by atoms with Gasteiger partial charge in [-0.3, -0.25) is 0 Å². The fourth-order valence-electron chi connectivity index (χ4n) is 11.2. The zero-order valence-corrected chi connectivity index (χ0v) is 40.9. The summed E-state index contributed by atoms with van der Waals surface area (Å²) in [6.07, 6.45) is 0. The number of fused-ring (bicyclic) bond motifs is 10. The summed E-state index contributed by atoms with van der Waals surface area (Å²) in [4.78, 5) is 4.79. The second kappa shape index (κ2) is 16.6. The fraction of sp³-hybridized carbons (Fsp3) is 0.0588. The van der Waals surface area contributed by atoms with Crippen LogP contribution in [0.5, 0.6) is 0 Å². The summed E-state index contributed by atoms with van der Waals surface area (Å²) in [5, 5.41) is 8.26. The lowest BCUT2D eigenvalue weighted by Crippen LogP contribution is -2.15. The molecule has 5 heteroatoms. The lowest BCUT2D eigenvalue weighted by molar-refractivity contribution is 0.667. The van der Waals surface area contributed by atoms with Crippen molar-refractivity contribution in [2.45, 2.75) is 27.7 Å². The molecule has 0 N–H and O–H groups in total. The number of aryl methyl sites for hydroxylation is 4. The van der Waals surface area contributed by atoms with Gasteiger partial charge in [-0.1, -0.05) is 176 Å². The van der Waals surface area contributed by atoms with Crippen LogP contribution in [0.1, 0.15) is 22.3 Å². The highest BCUT2D eigenvalue weighted by atomic mass is 16.3. The molecule has 0 aliphatic carbocycles. The van der Waals surface area contributed by atoms with Crippen LogP contribution >= 0.6 is 0 Å². The Morgan fingerprint density at radius 3 is 1.21 bits per heavy atom. The molecule has 0 atom stereocenters. The maximum absolute atomic E-state index is 7.40. The van der Waals surface area contributed by atoms with Crippen LogP contribution in [0.2, 0.25) is 0 Å². The molecule has 0 unspecified atom stereocenters. The van der Waals surface area contributed by atoms with E-state index in [-0.39, 0.29) is 0 Å². The smallest absolute Gasteiger partial charge is 0.162 e. The second-order valence-corrected chi connectivity index (χ2v) is 19.4. The topological polar surface area (TPSA) is 45.9 Å². The molecule has 0 saturated heterocycles. The van der Waals surface area contributed by atoms with Crippen molar-refractivity contribution in [1.82, 2.24) is 0 Å². The molecule has 0 spiro atoms. The van der Waals surface area contributed by atoms with E-state index in [0.29, 0.717) is 0 Å². The Labute approximate surface area is 422 Å². The van der Waals surface area contributed by atoms with Crippen molar-refractivity contribution in [3.63, 3.8) is 0 Å². The van der Waals surface area contributed by atoms with Gasteiger partial charge in [0.2, 0.25) is 0 Å². The van der Waals surface area contributed by atoms with Crippen molar-refractivity contribution >= 4 is 111 Å². The van der Waals surface area contributed by atoms with Crippen LogP contribution < -0.4 is 9.80 Å². The lowest BCUT2D eigenvalue weighted by atomic mass is 9.96. The van der Waals surface area contributed by atoms with Crippen LogP contribution in [-0.2, 0) is 0 Å². The Bertz CT molecular complexity index is 4500. The minimum atomic E-state index is 0.753. The van der Waals surface area contributed by atoms with Gasteiger partial charge in [0, 0.05) is 60.2 Å². The summed E-state index contributed by atoms with van der Waals surface area (Å²) in [5.74, 6) is 0. The normalized spacial score (nSPS) is 11.8. The number of anilines is 6. The molecule has 3 aromatic heterocycles. The summed E-state index contributed by atoms with van der Waals surface area (Å²) in [5.41, 5.74) is 19.7. The van der Waals surface area contributed by atoms with Crippen molar-refractivity contribution < 1.29 is 13.3 Å². The number of hydrogen-bond donors (Lipinski definition) is 0. The van der Waals surface area contributed by atoms with Crippen molar-refractivity contribution in [2.75, 3.05) is 9.80 Å². The first-order valence-electron chi connectivity index (χ1n) is 25.0. The van der Waals surface area contributed by atoms with E-state index in [1.165, 1.54) is 22.3 Å². The summed E-state index contributed by atoms with van der Waals surface area (Å²) in [6, 6.07) is 77.8. The van der Waals surface area contributed by atoms with Crippen LogP contribution in [0, 0.1) is 27.7 Å². The van der Waals surface area contributed by atoms with E-state index in [9.17, 15) is 0 Å². The third-order valence-corrected chi connectivity index (χ3v) is 15.1. The molecular weight excluding hydrogens is 893 g/mol. The first kappa shape index (κ1) is 42.5. The van der Waals surface area contributed by atoms with Gasteiger partial charge in [0.15, 0.2) is 16.7 Å². The van der Waals surface area contributed by atoms with Crippen molar-refractivity contribution in [1.29, 1.82) is 0 Å². The maximum Gasteiger partial charge on any atom is 0.162 e. The first-order valence-corrected chi connectivity index (χ1v) is 25.0. The SMILES string of the molecule is Cc1ccc(N(c2cccc3c2oc2c(-c4ccccc4)cccc23)c2c3ccccc3c(N(c3ccc(C)c(C)c3)c3cccc4c3oc3c(-c5ccccc5)cccc34)c3c2oc2ccccc23)cc1C. The minimum Gasteiger partial charge on any atom is -0.454 e. The van der Waals surface area contributed by atoms with Crippen LogP contribution in [-0.4, -0.2) is 0 Å². The number of benzene rings is 11. The van der Waals surface area contributed by atoms with Crippen LogP contribution in [0.25, 0.3) is 98.8 Å². The van der Waals surface area contributed by atoms with Crippen molar-refractivity contribution in [3.8, 4) is 22.3 Å². The number of rotatable bonds is 8. The van der Waals surface area contributed by atoms with Gasteiger partial charge in [0.25, 0.3) is 0 Å². The molecule has 11 aromatic carbocycles. The third kappa shape index (κ3) is 6.62. The Balaban J connectivity index is 1.12. The van der Waals surface area contributed by atoms with Gasteiger partial charge in [-0.2, -0.15) is 0 Å². The Hall–Kier alpha value is -9.32. The van der Waals surface area contributed by atoms with E-state index in [1.807, 2.05) is 0 Å². The molecule has 73 heavy (non-hydrogen) atoms. The van der Waals surface area contributed by atoms with Gasteiger partial charge in [-0.25, -0.2) is 0 Å². The molecule has 0 bridgehead atoms. The molecule has 0 amide bonds. The average molecular weight is 941 g/mol. The summed E-state index contributed by atoms with van der Waals surface area (Å²) in [7, 11) is 0. The standard InChI is InChI=1S/C68H48N2O3/c1-41-35-37-47(39-43(41)3)69(58-32-17-30-55-53-28-15-26-49(64(53)72-66(55)58)45-19-7-5-8-20-45)62-51-23-11-12-24-52(51)63(68-61(62)57-25-13-14-34-60(57)71-68)70(48-38-36-42(2)44(4)40-48)59-33-18-31-56-54-29-16-27-50(65(54)73-67(56)59)46-21-9-6-10-22-46/h5-40H,1-4H3. The largest absolute Gasteiger partial charge is 0.454 e. The van der Waals surface area contributed by atoms with E-state index in [4.69, 9.17) is 13.3 Å². The number of para-hydroxylation sites is 5. The Morgan fingerprint density at radius 1 is 0.288 bits per heavy atom. The summed E-state index contributed by atoms with van der Waals surface area (Å²) in [6.45, 7) is 8.72. The Morgan fingerprint density at radius 2 is 0.699 bits per heavy atom. The molecular formula is C68H48N2O3. The molecule has 0 saturated carbocycles. The van der Waals surface area contributed by atoms with Crippen LogP contribution in [0.3, 0.4) is 0 Å². The highest BCUT2D eigenvalue weighted by Crippen LogP contribution is 2.56. The number of nitrogens with zero attached hydrogens (tertiary/aromatic N) is 2. The number of furan rings is 3. The first-order chi connectivity index (χ1) is 35.9. The molecule has 0 aliphatic heterocycles. The van der Waals surface area contributed by atoms with Gasteiger partial charge in [-0.15, -0.1) is 0 Å². The van der Waals surface area contributed by atoms with Gasteiger partial charge in [-0.05, 0) is 104 Å². The quantitative estimate of drug-likeness (QED) is 0.142. The second-order valence-electron chi connectivity index (χ2n) is 19.4. The Kier molecular flexibility index (Phi) is 9.70. The van der Waals surface area contributed by atoms with Crippen molar-refractivity contribution in [3.05, 3.63) is 241 Å². The predicted molar refractivity (Wildman–Crippen MR) is 305 cm³/mol. The van der Waals surface area contributed by atoms with Gasteiger partial charge in [0.1, 0.15) is 16.7 Å². The molecule has 5 nitrogen and oxygen atoms in total. The highest BCUT2D eigenvalue weighted by molar-refractivity contribution is 6.29. The van der Waals surface area contributed by atoms with E-state index in [1.54, 1.807) is 0 Å². The molecule has 0 fully saturated rings. The van der Waals surface area contributed by atoms with E-state index < -0.39 is 0 Å². The van der Waals surface area contributed by atoms with E-state index >= 15 is 0 Å². The van der Waals surface area contributed by atoms with Gasteiger partial charge < -0.3 is 23.1 Å². The highest BCUT2D eigenvalue weighted by Gasteiger charge is 2.32. The molecule has 0 aliphatic rings. The van der Waals surface area contributed by atoms with Gasteiger partial charge in [0.05, 0.1) is 28.1 Å². The monoisotopic (exact) mass is 940 g/mol. The zero-order chi connectivity index (χ0) is 48.9. The van der Waals surface area contributed by atoms with Crippen LogP contribution in [0.15, 0.2) is 232 Å². The predicted octanol–water partition coefficient (Wildman–Crippen LogP) is 20.0. The summed E-state index contributed by atoms with van der Waals surface area (Å²) >= 11 is 0. The number of hydrogen-bond acceptors (Lipinski definition) is 5. The molecule has 0 radical (unpaired) electrons. The molecule has 14 rings (SSSR count). The zero-order valence-electron chi connectivity index (χ0n) is 40.9. The third-order valence-electron chi connectivity index (χ3n) is 15.1. The fourth-order valence-corrected chi connectivity index (χ4v) is 11.2. The van der Waals surface area contributed by atoms with E-state index in [0.717, 1.165) is 133 Å². The van der Waals surface area contributed by atoms with Crippen molar-refractivity contribution in [2.24, 2.45) is 0 Å². The van der Waals surface area contributed by atoms with Gasteiger partial charge >= 0.3 is 0 Å². The summed E-state index contributed by atoms with van der Waals surface area (Å²) < 4.78 is 21.9. The van der Waals surface area contributed by atoms with Crippen LogP contribution in [0.4, 0.5) is 34.1 Å². The average Bonchev–Trinajstić information content (AvgIpc) is 4.14. The lowest BCUT2D eigenvalue weighted by Gasteiger charge is -2.31.